The highest BCUT2D eigenvalue weighted by Gasteiger charge is 2.32. The first kappa shape index (κ1) is 16.7. The van der Waals surface area contributed by atoms with E-state index in [0.29, 0.717) is 39.1 Å². The van der Waals surface area contributed by atoms with Crippen LogP contribution in [0, 0.1) is 0 Å². The molecule has 142 valence electrons. The minimum Gasteiger partial charge on any atom is -0.454 e. The number of halogens is 3. The lowest BCUT2D eigenvalue weighted by Crippen LogP contribution is -2.16. The van der Waals surface area contributed by atoms with Gasteiger partial charge in [0.05, 0.1) is 10.9 Å². The third-order valence-electron chi connectivity index (χ3n) is 4.60. The number of carbonyl (C=O) groups excluding carboxylic acids is 1. The Morgan fingerprint density at radius 1 is 1.07 bits per heavy atom. The summed E-state index contributed by atoms with van der Waals surface area (Å²) in [6.07, 6.45) is -4.77. The molecule has 1 aromatic heterocycles. The minimum atomic E-state index is -4.77. The number of carbonyl (C=O) groups is 1. The Kier molecular flexibility index (Phi) is 3.42. The molecule has 2 aliphatic heterocycles. The van der Waals surface area contributed by atoms with E-state index in [-0.39, 0.29) is 30.7 Å². The fourth-order valence-electron chi connectivity index (χ4n) is 3.51. The van der Waals surface area contributed by atoms with Crippen LogP contribution in [-0.2, 0) is 6.54 Å². The monoisotopic (exact) mass is 388 g/mol. The Labute approximate surface area is 155 Å². The third-order valence-corrected chi connectivity index (χ3v) is 4.60. The predicted molar refractivity (Wildman–Crippen MR) is 91.2 cm³/mol. The van der Waals surface area contributed by atoms with Gasteiger partial charge in [-0.25, -0.2) is 4.98 Å². The average molecular weight is 388 g/mol. The van der Waals surface area contributed by atoms with Crippen molar-refractivity contribution >= 4 is 16.8 Å². The Morgan fingerprint density at radius 2 is 1.86 bits per heavy atom. The molecule has 2 aromatic carbocycles. The maximum absolute atomic E-state index is 12.4. The molecule has 2 aliphatic rings. The number of benzene rings is 2. The number of rotatable bonds is 2. The second-order valence-corrected chi connectivity index (χ2v) is 6.26. The number of nitrogens with zero attached hydrogens (tertiary/aromatic N) is 1. The van der Waals surface area contributed by atoms with Gasteiger partial charge in [0.25, 0.3) is 5.91 Å². The summed E-state index contributed by atoms with van der Waals surface area (Å²) >= 11 is 0. The summed E-state index contributed by atoms with van der Waals surface area (Å²) in [5.41, 5.74) is 2.76. The first-order chi connectivity index (χ1) is 13.4. The molecule has 0 atom stereocenters. The number of fused-ring (bicyclic) bond motifs is 4. The molecule has 6 nitrogen and oxygen atoms in total. The molecular formula is C19H11F3N2O4. The van der Waals surface area contributed by atoms with Crippen LogP contribution in [0.1, 0.15) is 16.1 Å². The second kappa shape index (κ2) is 5.75. The number of amides is 1. The number of hydrogen-bond donors (Lipinski definition) is 1. The van der Waals surface area contributed by atoms with E-state index in [0.717, 1.165) is 0 Å². The van der Waals surface area contributed by atoms with E-state index in [1.165, 1.54) is 24.3 Å². The van der Waals surface area contributed by atoms with Gasteiger partial charge in [-0.15, -0.1) is 13.2 Å². The van der Waals surface area contributed by atoms with E-state index in [2.05, 4.69) is 15.0 Å². The number of aromatic nitrogens is 1. The molecule has 9 heteroatoms. The van der Waals surface area contributed by atoms with Crippen molar-refractivity contribution in [3.63, 3.8) is 0 Å². The van der Waals surface area contributed by atoms with Crippen molar-refractivity contribution < 1.29 is 32.2 Å². The molecule has 3 heterocycles. The fourth-order valence-corrected chi connectivity index (χ4v) is 3.51. The lowest BCUT2D eigenvalue weighted by Gasteiger charge is -2.14. The Balaban J connectivity index is 1.74. The quantitative estimate of drug-likeness (QED) is 0.724. The molecule has 3 aromatic rings. The maximum Gasteiger partial charge on any atom is 0.573 e. The molecule has 0 fully saturated rings. The van der Waals surface area contributed by atoms with Gasteiger partial charge in [-0.1, -0.05) is 12.1 Å². The van der Waals surface area contributed by atoms with Gasteiger partial charge in [-0.05, 0) is 29.8 Å². The zero-order valence-corrected chi connectivity index (χ0v) is 14.1. The van der Waals surface area contributed by atoms with Crippen LogP contribution in [0.5, 0.6) is 17.2 Å². The van der Waals surface area contributed by atoms with Gasteiger partial charge in [0, 0.05) is 17.7 Å². The van der Waals surface area contributed by atoms with Crippen LogP contribution in [0.25, 0.3) is 22.0 Å². The molecular weight excluding hydrogens is 377 g/mol. The zero-order chi connectivity index (χ0) is 19.5. The highest BCUT2D eigenvalue weighted by Crippen LogP contribution is 2.46. The van der Waals surface area contributed by atoms with Crippen molar-refractivity contribution in [2.24, 2.45) is 0 Å². The Bertz CT molecular complexity index is 1130. The number of alkyl halides is 3. The van der Waals surface area contributed by atoms with E-state index in [1.54, 1.807) is 12.1 Å². The molecule has 0 bridgehead atoms. The highest BCUT2D eigenvalue weighted by molar-refractivity contribution is 6.08. The van der Waals surface area contributed by atoms with Gasteiger partial charge in [0.2, 0.25) is 6.79 Å². The molecule has 0 saturated heterocycles. The smallest absolute Gasteiger partial charge is 0.454 e. The standard InChI is InChI=1S/C19H11F3N2O4/c20-19(21,22)28-10-3-1-9(2-4-10)14-11-7-23-18(25)16(11)24-12-5-6-13-17(15(12)14)27-8-26-13/h1-6H,7-8H2,(H,23,25). The van der Waals surface area contributed by atoms with E-state index in [9.17, 15) is 18.0 Å². The highest BCUT2D eigenvalue weighted by atomic mass is 19.4. The molecule has 1 N–H and O–H groups in total. The summed E-state index contributed by atoms with van der Waals surface area (Å²) in [5, 5.41) is 3.38. The van der Waals surface area contributed by atoms with Gasteiger partial charge >= 0.3 is 6.36 Å². The lowest BCUT2D eigenvalue weighted by molar-refractivity contribution is -0.274. The number of hydrogen-bond acceptors (Lipinski definition) is 5. The first-order valence-electron chi connectivity index (χ1n) is 8.30. The van der Waals surface area contributed by atoms with Gasteiger partial charge < -0.3 is 19.5 Å². The maximum atomic E-state index is 12.4. The van der Waals surface area contributed by atoms with Crippen molar-refractivity contribution in [1.82, 2.24) is 10.3 Å². The van der Waals surface area contributed by atoms with Gasteiger partial charge in [0.1, 0.15) is 11.4 Å². The van der Waals surface area contributed by atoms with E-state index >= 15 is 0 Å². The van der Waals surface area contributed by atoms with Crippen LogP contribution >= 0.6 is 0 Å². The molecule has 0 radical (unpaired) electrons. The molecule has 0 saturated carbocycles. The van der Waals surface area contributed by atoms with Crippen molar-refractivity contribution in [2.45, 2.75) is 12.9 Å². The number of pyridine rings is 1. The zero-order valence-electron chi connectivity index (χ0n) is 14.1. The Morgan fingerprint density at radius 3 is 2.61 bits per heavy atom. The van der Waals surface area contributed by atoms with Gasteiger partial charge in [-0.2, -0.15) is 0 Å². The van der Waals surface area contributed by atoms with E-state index in [4.69, 9.17) is 9.47 Å². The van der Waals surface area contributed by atoms with Crippen LogP contribution in [-0.4, -0.2) is 24.0 Å². The molecule has 0 aliphatic carbocycles. The fraction of sp³-hybridized carbons (Fsp3) is 0.158. The van der Waals surface area contributed by atoms with Crippen LogP contribution in [0.2, 0.25) is 0 Å². The molecule has 0 spiro atoms. The van der Waals surface area contributed by atoms with Crippen LogP contribution in [0.3, 0.4) is 0 Å². The summed E-state index contributed by atoms with van der Waals surface area (Å²) in [6, 6.07) is 8.90. The summed E-state index contributed by atoms with van der Waals surface area (Å²) in [4.78, 5) is 16.6. The van der Waals surface area contributed by atoms with Gasteiger partial charge in [-0.3, -0.25) is 4.79 Å². The Hall–Kier alpha value is -3.49. The van der Waals surface area contributed by atoms with E-state index < -0.39 is 6.36 Å². The van der Waals surface area contributed by atoms with Crippen molar-refractivity contribution in [1.29, 1.82) is 0 Å². The van der Waals surface area contributed by atoms with Gasteiger partial charge in [0.15, 0.2) is 11.5 Å². The average Bonchev–Trinajstić information content (AvgIpc) is 3.26. The molecule has 1 amide bonds. The predicted octanol–water partition coefficient (Wildman–Crippen LogP) is 3.77. The molecule has 28 heavy (non-hydrogen) atoms. The van der Waals surface area contributed by atoms with Crippen molar-refractivity contribution in [3.05, 3.63) is 47.7 Å². The van der Waals surface area contributed by atoms with Crippen molar-refractivity contribution in [2.75, 3.05) is 6.79 Å². The van der Waals surface area contributed by atoms with Crippen molar-refractivity contribution in [3.8, 4) is 28.4 Å². The molecule has 5 rings (SSSR count). The second-order valence-electron chi connectivity index (χ2n) is 6.26. The molecule has 0 unspecified atom stereocenters. The summed E-state index contributed by atoms with van der Waals surface area (Å²) in [6.45, 7) is 0.318. The summed E-state index contributed by atoms with van der Waals surface area (Å²) in [7, 11) is 0. The van der Waals surface area contributed by atoms with Crippen LogP contribution in [0.4, 0.5) is 13.2 Å². The summed E-state index contributed by atoms with van der Waals surface area (Å²) < 4.78 is 52.3. The SMILES string of the molecule is O=C1NCc2c1nc1ccc3c(c1c2-c1ccc(OC(F)(F)F)cc1)OCO3. The third kappa shape index (κ3) is 2.58. The number of ether oxygens (including phenoxy) is 3. The topological polar surface area (TPSA) is 69.7 Å². The minimum absolute atomic E-state index is 0.0561. The number of nitrogens with one attached hydrogen (secondary N) is 1. The normalized spacial score (nSPS) is 14.9. The van der Waals surface area contributed by atoms with Crippen LogP contribution < -0.4 is 19.5 Å². The van der Waals surface area contributed by atoms with Crippen LogP contribution in [0.15, 0.2) is 36.4 Å². The largest absolute Gasteiger partial charge is 0.573 e. The van der Waals surface area contributed by atoms with E-state index in [1.807, 2.05) is 0 Å². The first-order valence-corrected chi connectivity index (χ1v) is 8.30. The lowest BCUT2D eigenvalue weighted by atomic mass is 9.94. The summed E-state index contributed by atoms with van der Waals surface area (Å²) in [5.74, 6) is 0.417.